The molecular formula is C14H18BrN. The van der Waals surface area contributed by atoms with Crippen molar-refractivity contribution in [2.24, 2.45) is 0 Å². The highest BCUT2D eigenvalue weighted by molar-refractivity contribution is 9.10. The van der Waals surface area contributed by atoms with Crippen LogP contribution in [-0.2, 0) is 5.41 Å². The molecule has 86 valence electrons. The van der Waals surface area contributed by atoms with Crippen LogP contribution < -0.4 is 5.32 Å². The molecule has 0 unspecified atom stereocenters. The molecule has 1 N–H and O–H groups in total. The van der Waals surface area contributed by atoms with E-state index in [9.17, 15) is 0 Å². The topological polar surface area (TPSA) is 12.0 Å². The minimum absolute atomic E-state index is 0.440. The van der Waals surface area contributed by atoms with Crippen LogP contribution in [0.4, 0.5) is 5.69 Å². The molecule has 0 atom stereocenters. The first-order valence-corrected chi connectivity index (χ1v) is 7.13. The molecule has 0 saturated heterocycles. The fourth-order valence-corrected chi connectivity index (χ4v) is 3.68. The zero-order valence-electron chi connectivity index (χ0n) is 9.56. The summed E-state index contributed by atoms with van der Waals surface area (Å²) >= 11 is 3.61. The number of halogens is 1. The quantitative estimate of drug-likeness (QED) is 0.739. The second-order valence-corrected chi connectivity index (χ2v) is 6.15. The highest BCUT2D eigenvalue weighted by Crippen LogP contribution is 2.46. The molecule has 1 aliphatic carbocycles. The van der Waals surface area contributed by atoms with E-state index in [0.717, 1.165) is 6.54 Å². The van der Waals surface area contributed by atoms with Crippen LogP contribution in [0.3, 0.4) is 0 Å². The van der Waals surface area contributed by atoms with Crippen LogP contribution in [0.2, 0.25) is 0 Å². The molecule has 0 aromatic heterocycles. The van der Waals surface area contributed by atoms with E-state index in [1.165, 1.54) is 48.7 Å². The Bertz CT molecular complexity index is 392. The van der Waals surface area contributed by atoms with Crippen LogP contribution in [0.5, 0.6) is 0 Å². The number of fused-ring (bicyclic) bond motifs is 2. The van der Waals surface area contributed by atoms with Crippen molar-refractivity contribution in [2.75, 3.05) is 11.9 Å². The number of nitrogens with one attached hydrogen (secondary N) is 1. The molecule has 16 heavy (non-hydrogen) atoms. The van der Waals surface area contributed by atoms with Gasteiger partial charge in [-0.15, -0.1) is 0 Å². The summed E-state index contributed by atoms with van der Waals surface area (Å²) in [4.78, 5) is 0. The third-order valence-electron chi connectivity index (χ3n) is 4.23. The minimum Gasteiger partial charge on any atom is -0.384 e. The molecular weight excluding hydrogens is 262 g/mol. The fraction of sp³-hybridized carbons (Fsp3) is 0.571. The molecule has 2 aliphatic rings. The van der Waals surface area contributed by atoms with Gasteiger partial charge in [0, 0.05) is 22.1 Å². The summed E-state index contributed by atoms with van der Waals surface area (Å²) < 4.78 is 1.22. The van der Waals surface area contributed by atoms with Crippen molar-refractivity contribution in [1.82, 2.24) is 0 Å². The van der Waals surface area contributed by atoms with Crippen molar-refractivity contribution < 1.29 is 0 Å². The average Bonchev–Trinajstić information content (AvgIpc) is 2.49. The highest BCUT2D eigenvalue weighted by Gasteiger charge is 2.38. The number of hydrogen-bond donors (Lipinski definition) is 1. The third kappa shape index (κ3) is 1.67. The molecule has 2 heteroatoms. The molecule has 1 fully saturated rings. The first-order chi connectivity index (χ1) is 7.80. The molecule has 0 radical (unpaired) electrons. The van der Waals surface area contributed by atoms with Gasteiger partial charge in [-0.1, -0.05) is 41.6 Å². The molecule has 1 spiro atoms. The zero-order chi connectivity index (χ0) is 11.0. The van der Waals surface area contributed by atoms with Crippen molar-refractivity contribution in [3.05, 3.63) is 28.2 Å². The van der Waals surface area contributed by atoms with Crippen LogP contribution >= 0.6 is 15.9 Å². The zero-order valence-corrected chi connectivity index (χ0v) is 11.1. The van der Waals surface area contributed by atoms with E-state index >= 15 is 0 Å². The smallest absolute Gasteiger partial charge is 0.0380 e. The van der Waals surface area contributed by atoms with Crippen molar-refractivity contribution in [3.63, 3.8) is 0 Å². The Labute approximate surface area is 106 Å². The van der Waals surface area contributed by atoms with Gasteiger partial charge < -0.3 is 5.32 Å². The normalized spacial score (nSPS) is 22.6. The Morgan fingerprint density at radius 3 is 2.56 bits per heavy atom. The van der Waals surface area contributed by atoms with Crippen LogP contribution in [0, 0.1) is 0 Å². The van der Waals surface area contributed by atoms with Crippen molar-refractivity contribution in [3.8, 4) is 0 Å². The van der Waals surface area contributed by atoms with Gasteiger partial charge in [0.15, 0.2) is 0 Å². The maximum absolute atomic E-state index is 3.61. The van der Waals surface area contributed by atoms with Gasteiger partial charge in [-0.3, -0.25) is 0 Å². The first-order valence-electron chi connectivity index (χ1n) is 6.34. The van der Waals surface area contributed by atoms with Crippen LogP contribution in [0.1, 0.15) is 44.1 Å². The molecule has 1 aliphatic heterocycles. The van der Waals surface area contributed by atoms with Gasteiger partial charge in [0.1, 0.15) is 0 Å². The molecule has 1 nitrogen and oxygen atoms in total. The van der Waals surface area contributed by atoms with E-state index in [1.54, 1.807) is 5.56 Å². The Kier molecular flexibility index (Phi) is 2.70. The predicted octanol–water partition coefficient (Wildman–Crippen LogP) is 4.47. The lowest BCUT2D eigenvalue weighted by Crippen LogP contribution is -2.27. The summed E-state index contributed by atoms with van der Waals surface area (Å²) in [7, 11) is 0. The van der Waals surface area contributed by atoms with E-state index in [4.69, 9.17) is 0 Å². The minimum atomic E-state index is 0.440. The molecule has 0 amide bonds. The standard InChI is InChI=1S/C14H18BrN/c15-11-5-6-13-12(9-11)14(10-16-13)7-3-1-2-4-8-14/h5-6,9,16H,1-4,7-8,10H2. The van der Waals surface area contributed by atoms with Gasteiger partial charge in [0.25, 0.3) is 0 Å². The number of anilines is 1. The fourth-order valence-electron chi connectivity index (χ4n) is 3.32. The van der Waals surface area contributed by atoms with E-state index in [-0.39, 0.29) is 0 Å². The van der Waals surface area contributed by atoms with Crippen molar-refractivity contribution in [2.45, 2.75) is 43.9 Å². The van der Waals surface area contributed by atoms with Gasteiger partial charge in [-0.25, -0.2) is 0 Å². The Hall–Kier alpha value is -0.500. The summed E-state index contributed by atoms with van der Waals surface area (Å²) in [6, 6.07) is 6.70. The number of benzene rings is 1. The van der Waals surface area contributed by atoms with E-state index in [0.29, 0.717) is 5.41 Å². The lowest BCUT2D eigenvalue weighted by atomic mass is 9.76. The summed E-state index contributed by atoms with van der Waals surface area (Å²) in [5.41, 5.74) is 3.36. The van der Waals surface area contributed by atoms with Crippen molar-refractivity contribution >= 4 is 21.6 Å². The summed E-state index contributed by atoms with van der Waals surface area (Å²) in [5, 5.41) is 3.59. The molecule has 1 aromatic rings. The second kappa shape index (κ2) is 4.06. The highest BCUT2D eigenvalue weighted by atomic mass is 79.9. The SMILES string of the molecule is Brc1ccc2c(c1)C1(CCCCCC1)CN2. The van der Waals surface area contributed by atoms with E-state index in [1.807, 2.05) is 0 Å². The Morgan fingerprint density at radius 1 is 1.06 bits per heavy atom. The van der Waals surface area contributed by atoms with Gasteiger partial charge in [-0.2, -0.15) is 0 Å². The van der Waals surface area contributed by atoms with Gasteiger partial charge in [-0.05, 0) is 36.6 Å². The third-order valence-corrected chi connectivity index (χ3v) is 4.72. The molecule has 0 bridgehead atoms. The second-order valence-electron chi connectivity index (χ2n) is 5.24. The lowest BCUT2D eigenvalue weighted by Gasteiger charge is -2.27. The van der Waals surface area contributed by atoms with Gasteiger partial charge in [0.05, 0.1) is 0 Å². The van der Waals surface area contributed by atoms with Gasteiger partial charge >= 0.3 is 0 Å². The number of rotatable bonds is 0. The van der Waals surface area contributed by atoms with E-state index in [2.05, 4.69) is 39.4 Å². The molecule has 3 rings (SSSR count). The Balaban J connectivity index is 2.02. The lowest BCUT2D eigenvalue weighted by molar-refractivity contribution is 0.408. The summed E-state index contributed by atoms with van der Waals surface area (Å²) in [5.74, 6) is 0. The Morgan fingerprint density at radius 2 is 1.81 bits per heavy atom. The summed E-state index contributed by atoms with van der Waals surface area (Å²) in [6.07, 6.45) is 8.37. The first kappa shape index (κ1) is 10.6. The molecule has 1 aromatic carbocycles. The van der Waals surface area contributed by atoms with Crippen LogP contribution in [-0.4, -0.2) is 6.54 Å². The van der Waals surface area contributed by atoms with E-state index < -0.39 is 0 Å². The maximum atomic E-state index is 3.61. The van der Waals surface area contributed by atoms with Crippen LogP contribution in [0.25, 0.3) is 0 Å². The maximum Gasteiger partial charge on any atom is 0.0380 e. The molecule has 1 saturated carbocycles. The summed E-state index contributed by atoms with van der Waals surface area (Å²) in [6.45, 7) is 1.15. The van der Waals surface area contributed by atoms with Crippen molar-refractivity contribution in [1.29, 1.82) is 0 Å². The number of hydrogen-bond acceptors (Lipinski definition) is 1. The van der Waals surface area contributed by atoms with Gasteiger partial charge in [0.2, 0.25) is 0 Å². The average molecular weight is 280 g/mol. The monoisotopic (exact) mass is 279 g/mol. The predicted molar refractivity (Wildman–Crippen MR) is 72.0 cm³/mol. The molecule has 1 heterocycles. The van der Waals surface area contributed by atoms with Crippen LogP contribution in [0.15, 0.2) is 22.7 Å². The largest absolute Gasteiger partial charge is 0.384 e.